The molecule has 64 heavy (non-hydrogen) atoms. The van der Waals surface area contributed by atoms with Crippen molar-refractivity contribution in [3.8, 4) is 0 Å². The molecule has 10 atom stereocenters. The van der Waals surface area contributed by atoms with Crippen LogP contribution in [0.2, 0.25) is 0 Å². The Kier molecular flexibility index (Phi) is 16.4. The van der Waals surface area contributed by atoms with Crippen LogP contribution >= 0.6 is 0 Å². The quantitative estimate of drug-likeness (QED) is 0.0880. The Morgan fingerprint density at radius 1 is 0.828 bits per heavy atom. The van der Waals surface area contributed by atoms with Gasteiger partial charge in [-0.25, -0.2) is 0 Å². The van der Waals surface area contributed by atoms with Crippen molar-refractivity contribution in [2.45, 2.75) is 174 Å². The Bertz CT molecular complexity index is 1890. The van der Waals surface area contributed by atoms with Crippen LogP contribution in [0.5, 0.6) is 0 Å². The fourth-order valence-corrected chi connectivity index (χ4v) is 10.1. The number of aliphatic carboxylic acids is 2. The first-order chi connectivity index (χ1) is 29.9. The predicted octanol–water partition coefficient (Wildman–Crippen LogP) is 2.92. The Morgan fingerprint density at radius 3 is 2.05 bits per heavy atom. The van der Waals surface area contributed by atoms with Crippen molar-refractivity contribution in [2.24, 2.45) is 34.8 Å². The maximum Gasteiger partial charge on any atom is 0.481 e. The van der Waals surface area contributed by atoms with Crippen LogP contribution in [-0.4, -0.2) is 118 Å². The van der Waals surface area contributed by atoms with Crippen LogP contribution in [0, 0.1) is 29.1 Å². The van der Waals surface area contributed by atoms with Crippen molar-refractivity contribution in [1.29, 1.82) is 0 Å². The summed E-state index contributed by atoms with van der Waals surface area (Å²) in [6.07, 6.45) is 2.47. The third kappa shape index (κ3) is 11.5. The van der Waals surface area contributed by atoms with Crippen LogP contribution in [0.1, 0.15) is 131 Å². The lowest BCUT2D eigenvalue weighted by Crippen LogP contribution is -2.65. The molecule has 2 saturated heterocycles. The minimum Gasteiger partial charge on any atom is -0.481 e. The van der Waals surface area contributed by atoms with Crippen molar-refractivity contribution in [3.05, 3.63) is 35.4 Å². The van der Waals surface area contributed by atoms with Crippen LogP contribution < -0.4 is 27.0 Å². The minimum atomic E-state index is -1.51. The number of hydrogen-bond donors (Lipinski definition) is 7. The molecule has 1 aromatic carbocycles. The molecule has 18 heteroatoms. The van der Waals surface area contributed by atoms with Gasteiger partial charge in [0.25, 0.3) is 0 Å². The predicted molar refractivity (Wildman–Crippen MR) is 238 cm³/mol. The van der Waals surface area contributed by atoms with Gasteiger partial charge in [-0.3, -0.25) is 33.6 Å². The van der Waals surface area contributed by atoms with Gasteiger partial charge in [-0.2, -0.15) is 0 Å². The Hall–Kier alpha value is -4.55. The summed E-state index contributed by atoms with van der Waals surface area (Å²) in [4.78, 5) is 93.0. The molecule has 5 amide bonds. The van der Waals surface area contributed by atoms with Crippen LogP contribution in [0.3, 0.4) is 0 Å². The molecule has 0 spiro atoms. The van der Waals surface area contributed by atoms with E-state index in [9.17, 15) is 38.7 Å². The Labute approximate surface area is 377 Å². The molecule has 354 valence electrons. The first-order valence-corrected chi connectivity index (χ1v) is 23.1. The minimum absolute atomic E-state index is 0.0880. The van der Waals surface area contributed by atoms with E-state index >= 15 is 0 Å². The molecule has 0 radical (unpaired) electrons. The van der Waals surface area contributed by atoms with Crippen LogP contribution in [-0.2, 0) is 49.3 Å². The van der Waals surface area contributed by atoms with E-state index in [1.54, 1.807) is 27.7 Å². The van der Waals surface area contributed by atoms with Gasteiger partial charge < -0.3 is 51.4 Å². The SMILES string of the molecule is CC(C)c1ccc(CC[C@H](NC(=O)[C@@H]2CCCN2C(=O)[C@@H](NC(=O)[C@@H](NC(=O)[C@H](CCC(=O)O)NC(=O)[C@@H](N)CC(=O)O)C(C)C)C(C)C)B2O[C@H]3C[C@@H]4C[C@@H](C4(C)C)[C@@]3(C)O2)cc1. The highest BCUT2D eigenvalue weighted by molar-refractivity contribution is 6.48. The van der Waals surface area contributed by atoms with Gasteiger partial charge in [0, 0.05) is 13.0 Å². The van der Waals surface area contributed by atoms with E-state index in [-0.39, 0.29) is 30.4 Å². The molecule has 5 fully saturated rings. The summed E-state index contributed by atoms with van der Waals surface area (Å²) in [5.74, 6) is -6.14. The van der Waals surface area contributed by atoms with Crippen molar-refractivity contribution >= 4 is 48.6 Å². The summed E-state index contributed by atoms with van der Waals surface area (Å²) < 4.78 is 13.6. The summed E-state index contributed by atoms with van der Waals surface area (Å²) >= 11 is 0. The molecule has 2 bridgehead atoms. The molecular weight excluding hydrogens is 823 g/mol. The number of carboxylic acids is 2. The lowest BCUT2D eigenvalue weighted by molar-refractivity contribution is -0.199. The zero-order valence-electron chi connectivity index (χ0n) is 39.0. The molecule has 0 unspecified atom stereocenters. The Balaban J connectivity index is 1.29. The van der Waals surface area contributed by atoms with Crippen molar-refractivity contribution < 1.29 is 53.1 Å². The summed E-state index contributed by atoms with van der Waals surface area (Å²) in [5, 5.41) is 29.3. The smallest absolute Gasteiger partial charge is 0.481 e. The monoisotopic (exact) mass is 895 g/mol. The van der Waals surface area contributed by atoms with E-state index in [0.29, 0.717) is 43.4 Å². The molecular formula is C46H71BN6O11. The summed E-state index contributed by atoms with van der Waals surface area (Å²) in [5.41, 5.74) is 7.69. The lowest BCUT2D eigenvalue weighted by Gasteiger charge is -2.64. The first kappa shape index (κ1) is 50.5. The number of carbonyl (C=O) groups is 7. The number of amides is 5. The zero-order valence-corrected chi connectivity index (χ0v) is 39.0. The van der Waals surface area contributed by atoms with E-state index in [0.717, 1.165) is 18.4 Å². The highest BCUT2D eigenvalue weighted by atomic mass is 16.7. The van der Waals surface area contributed by atoms with Gasteiger partial charge in [-0.05, 0) is 98.0 Å². The Morgan fingerprint density at radius 2 is 1.47 bits per heavy atom. The molecule has 2 heterocycles. The number of carbonyl (C=O) groups excluding carboxylic acids is 5. The molecule has 3 saturated carbocycles. The normalized spacial score (nSPS) is 25.7. The van der Waals surface area contributed by atoms with Crippen molar-refractivity contribution in [3.63, 3.8) is 0 Å². The third-order valence-electron chi connectivity index (χ3n) is 14.3. The molecule has 1 aromatic rings. The van der Waals surface area contributed by atoms with Gasteiger partial charge in [0.05, 0.1) is 30.1 Å². The van der Waals surface area contributed by atoms with Gasteiger partial charge >= 0.3 is 19.1 Å². The number of hydrogen-bond acceptors (Lipinski definition) is 10. The van der Waals surface area contributed by atoms with E-state index in [1.165, 1.54) is 10.5 Å². The molecule has 0 aromatic heterocycles. The number of carboxylic acid groups (broad SMARTS) is 2. The van der Waals surface area contributed by atoms with E-state index in [1.807, 2.05) is 0 Å². The number of nitrogens with two attached hydrogens (primary N) is 1. The molecule has 17 nitrogen and oxygen atoms in total. The van der Waals surface area contributed by atoms with Gasteiger partial charge in [-0.1, -0.05) is 79.7 Å². The first-order valence-electron chi connectivity index (χ1n) is 23.1. The summed E-state index contributed by atoms with van der Waals surface area (Å²) in [6, 6.07) is 2.40. The molecule has 5 aliphatic rings. The largest absolute Gasteiger partial charge is 0.481 e. The van der Waals surface area contributed by atoms with E-state index in [2.05, 4.69) is 80.2 Å². The number of aryl methyl sites for hydroxylation is 1. The van der Waals surface area contributed by atoms with E-state index < -0.39 is 109 Å². The maximum atomic E-state index is 14.5. The third-order valence-corrected chi connectivity index (χ3v) is 14.3. The summed E-state index contributed by atoms with van der Waals surface area (Å²) in [6.45, 7) is 18.2. The average Bonchev–Trinajstić information content (AvgIpc) is 3.86. The van der Waals surface area contributed by atoms with Gasteiger partial charge in [0.15, 0.2) is 0 Å². The molecule has 8 N–H and O–H groups in total. The van der Waals surface area contributed by atoms with Crippen molar-refractivity contribution in [1.82, 2.24) is 26.2 Å². The van der Waals surface area contributed by atoms with Gasteiger partial charge in [0.2, 0.25) is 29.5 Å². The van der Waals surface area contributed by atoms with E-state index in [4.69, 9.17) is 20.1 Å². The number of nitrogens with zero attached hydrogens (tertiary/aromatic N) is 1. The summed E-state index contributed by atoms with van der Waals surface area (Å²) in [7, 11) is -0.681. The molecule has 6 rings (SSSR count). The number of benzene rings is 1. The number of nitrogens with one attached hydrogen (secondary N) is 4. The average molecular weight is 895 g/mol. The lowest BCUT2D eigenvalue weighted by atomic mass is 9.43. The van der Waals surface area contributed by atoms with Crippen LogP contribution in [0.25, 0.3) is 0 Å². The zero-order chi connectivity index (χ0) is 47.4. The molecule has 3 aliphatic carbocycles. The number of rotatable bonds is 21. The molecule has 2 aliphatic heterocycles. The topological polar surface area (TPSA) is 256 Å². The fraction of sp³-hybridized carbons (Fsp3) is 0.717. The van der Waals surface area contributed by atoms with Crippen LogP contribution in [0.15, 0.2) is 24.3 Å². The second-order valence-electron chi connectivity index (χ2n) is 20.2. The fourth-order valence-electron chi connectivity index (χ4n) is 10.1. The highest BCUT2D eigenvalue weighted by Crippen LogP contribution is 2.65. The van der Waals surface area contributed by atoms with Gasteiger partial charge in [0.1, 0.15) is 24.2 Å². The standard InChI is InChI=1S/C46H71BN6O11/c1-24(2)28-15-12-27(13-16-28)14-18-35(47-63-34-22-29-21-33(45(29,7)8)46(34,9)64-47)50-42(60)32-11-10-20-53(32)44(62)39(26(5)6)52-43(61)38(25(3)4)51-41(59)31(17-19-36(54)55)49-40(58)30(48)23-37(56)57/h12-13,15-16,24-26,29-35,38-39H,10-11,14,17-23,48H2,1-9H3,(H,49,58)(H,50,60)(H,51,59)(H,52,61)(H,54,55)(H,56,57)/t29-,30-,31-,32-,33-,34-,35-,38-,39-,46+/m0/s1. The second-order valence-corrected chi connectivity index (χ2v) is 20.2. The van der Waals surface area contributed by atoms with Crippen molar-refractivity contribution in [2.75, 3.05) is 6.54 Å². The van der Waals surface area contributed by atoms with Gasteiger partial charge in [-0.15, -0.1) is 0 Å². The highest BCUT2D eigenvalue weighted by Gasteiger charge is 2.68. The number of likely N-dealkylation sites (tertiary alicyclic amines) is 1. The second kappa shape index (κ2) is 20.7. The van der Waals surface area contributed by atoms with Crippen LogP contribution in [0.4, 0.5) is 0 Å². The maximum absolute atomic E-state index is 14.5.